The zero-order valence-corrected chi connectivity index (χ0v) is 33.9. The zero-order chi connectivity index (χ0) is 38.0. The molecule has 0 aromatic carbocycles. The fourth-order valence-corrected chi connectivity index (χ4v) is 7.75. The maximum Gasteiger partial charge on any atom is 0.332 e. The molecule has 52 heavy (non-hydrogen) atoms. The van der Waals surface area contributed by atoms with E-state index in [0.29, 0.717) is 12.8 Å². The Labute approximate surface area is 317 Å². The summed E-state index contributed by atoms with van der Waals surface area (Å²) < 4.78 is 16.6. The van der Waals surface area contributed by atoms with Crippen LogP contribution in [0.25, 0.3) is 0 Å². The molecule has 9 heteroatoms. The molecule has 2 fully saturated rings. The van der Waals surface area contributed by atoms with E-state index in [1.54, 1.807) is 13.8 Å². The minimum Gasteiger partial charge on any atom is -0.426 e. The first-order valence-corrected chi connectivity index (χ1v) is 21.9. The number of carbonyl (C=O) groups is 3. The lowest BCUT2D eigenvalue weighted by atomic mass is 9.99. The third-order valence-corrected chi connectivity index (χ3v) is 11.0. The largest absolute Gasteiger partial charge is 0.426 e. The first kappa shape index (κ1) is 46.6. The highest BCUT2D eigenvalue weighted by atomic mass is 16.7. The van der Waals surface area contributed by atoms with Crippen LogP contribution in [0.5, 0.6) is 0 Å². The van der Waals surface area contributed by atoms with Gasteiger partial charge in [-0.05, 0) is 18.8 Å². The van der Waals surface area contributed by atoms with E-state index in [0.717, 1.165) is 43.4 Å². The van der Waals surface area contributed by atoms with Crippen LogP contribution in [0.1, 0.15) is 207 Å². The van der Waals surface area contributed by atoms with Crippen molar-refractivity contribution >= 4 is 17.8 Å². The molecule has 2 aliphatic heterocycles. The van der Waals surface area contributed by atoms with Gasteiger partial charge >= 0.3 is 5.97 Å². The molecule has 0 unspecified atom stereocenters. The molecular weight excluding hydrogens is 658 g/mol. The third kappa shape index (κ3) is 17.7. The van der Waals surface area contributed by atoms with Crippen LogP contribution in [0.4, 0.5) is 0 Å². The van der Waals surface area contributed by atoms with Gasteiger partial charge in [0.05, 0.1) is 6.61 Å². The van der Waals surface area contributed by atoms with Crippen LogP contribution in [-0.2, 0) is 28.6 Å². The molecular formula is C43H79NO8. The summed E-state index contributed by atoms with van der Waals surface area (Å²) in [6.07, 6.45) is 28.6. The van der Waals surface area contributed by atoms with E-state index in [4.69, 9.17) is 14.2 Å². The Hall–Kier alpha value is -1.55. The number of aliphatic hydroxyl groups is 2. The van der Waals surface area contributed by atoms with Gasteiger partial charge in [-0.1, -0.05) is 182 Å². The van der Waals surface area contributed by atoms with Gasteiger partial charge in [-0.15, -0.1) is 0 Å². The Balaban J connectivity index is 1.85. The number of hydrogen-bond acceptors (Lipinski definition) is 8. The second-order valence-electron chi connectivity index (χ2n) is 16.2. The van der Waals surface area contributed by atoms with Gasteiger partial charge in [0.2, 0.25) is 11.8 Å². The van der Waals surface area contributed by atoms with Crippen LogP contribution >= 0.6 is 0 Å². The highest BCUT2D eigenvalue weighted by molar-refractivity contribution is 5.99. The summed E-state index contributed by atoms with van der Waals surface area (Å²) in [6, 6.07) is -1.18. The fourth-order valence-electron chi connectivity index (χ4n) is 7.75. The topological polar surface area (TPSA) is 123 Å². The smallest absolute Gasteiger partial charge is 0.332 e. The number of hydrogen-bond donors (Lipinski definition) is 2. The fraction of sp³-hybridized carbons (Fsp3) is 0.930. The number of carbonyl (C=O) groups excluding carboxylic acids is 3. The molecule has 5 atom stereocenters. The van der Waals surface area contributed by atoms with Crippen LogP contribution in [0.3, 0.4) is 0 Å². The molecule has 0 saturated carbocycles. The predicted molar refractivity (Wildman–Crippen MR) is 208 cm³/mol. The Morgan fingerprint density at radius 3 is 1.37 bits per heavy atom. The summed E-state index contributed by atoms with van der Waals surface area (Å²) in [5.74, 6) is -4.12. The molecule has 0 aliphatic carbocycles. The maximum absolute atomic E-state index is 13.8. The van der Waals surface area contributed by atoms with E-state index in [1.165, 1.54) is 116 Å². The maximum atomic E-state index is 13.8. The van der Waals surface area contributed by atoms with Crippen molar-refractivity contribution in [1.29, 1.82) is 0 Å². The lowest BCUT2D eigenvalue weighted by Gasteiger charge is -2.34. The number of fused-ring (bicyclic) bond motifs is 1. The number of rotatable bonds is 32. The molecule has 2 saturated heterocycles. The minimum absolute atomic E-state index is 0.0375. The molecule has 0 spiro atoms. The standard InChI is InChI=1S/C43H79NO8/c1-5-7-9-11-13-15-17-19-21-23-25-27-29-31-37(46)44(38(47)32-30-28-26-24-22-20-18-16-14-12-10-8-6-2)39(35(3)4)42(48)52-43(49)34-51-40-36(45)33-50-41(40)43/h35-36,39-41,45,49H,5-34H2,1-4H3/t36-,39+,40-,41+,43+/m1/s1. The quantitative estimate of drug-likeness (QED) is 0.0398. The van der Waals surface area contributed by atoms with E-state index < -0.39 is 42.0 Å². The molecule has 2 aliphatic rings. The molecule has 2 heterocycles. The van der Waals surface area contributed by atoms with Crippen LogP contribution in [-0.4, -0.2) is 76.3 Å². The number of nitrogens with zero attached hydrogens (tertiary/aromatic N) is 1. The van der Waals surface area contributed by atoms with E-state index in [-0.39, 0.29) is 37.9 Å². The SMILES string of the molecule is CCCCCCCCCCCCCCCC(=O)N(C(=O)CCCCCCCCCCCCCCC)[C@H](C(=O)O[C@@]1(O)CO[C@@H]2[C@H](O)CO[C@@H]21)C(C)C. The number of esters is 1. The first-order chi connectivity index (χ1) is 25.2. The van der Waals surface area contributed by atoms with Crippen molar-refractivity contribution in [3.63, 3.8) is 0 Å². The zero-order valence-electron chi connectivity index (χ0n) is 33.9. The van der Waals surface area contributed by atoms with E-state index in [1.807, 2.05) is 0 Å². The molecule has 9 nitrogen and oxygen atoms in total. The summed E-state index contributed by atoms with van der Waals surface area (Å²) in [4.78, 5) is 42.4. The Bertz CT molecular complexity index is 917. The first-order valence-electron chi connectivity index (χ1n) is 21.9. The molecule has 0 aromatic rings. The Morgan fingerprint density at radius 1 is 0.635 bits per heavy atom. The second kappa shape index (κ2) is 27.9. The highest BCUT2D eigenvalue weighted by Crippen LogP contribution is 2.36. The van der Waals surface area contributed by atoms with E-state index >= 15 is 0 Å². The van der Waals surface area contributed by atoms with Crippen LogP contribution in [0.15, 0.2) is 0 Å². The number of ether oxygens (including phenoxy) is 3. The van der Waals surface area contributed by atoms with Crippen molar-refractivity contribution < 1.29 is 38.8 Å². The number of unbranched alkanes of at least 4 members (excludes halogenated alkanes) is 24. The van der Waals surface area contributed by atoms with Gasteiger partial charge in [-0.2, -0.15) is 0 Å². The molecule has 2 rings (SSSR count). The van der Waals surface area contributed by atoms with Crippen molar-refractivity contribution in [3.05, 3.63) is 0 Å². The summed E-state index contributed by atoms with van der Waals surface area (Å²) in [5, 5.41) is 21.4. The molecule has 2 N–H and O–H groups in total. The molecule has 2 amide bonds. The van der Waals surface area contributed by atoms with E-state index in [9.17, 15) is 24.6 Å². The summed E-state index contributed by atoms with van der Waals surface area (Å²) in [7, 11) is 0. The molecule has 304 valence electrons. The second-order valence-corrected chi connectivity index (χ2v) is 16.2. The molecule has 0 aromatic heterocycles. The number of aliphatic hydroxyl groups excluding tert-OH is 1. The molecule has 0 radical (unpaired) electrons. The van der Waals surface area contributed by atoms with E-state index in [2.05, 4.69) is 13.8 Å². The van der Waals surface area contributed by atoms with Crippen LogP contribution in [0.2, 0.25) is 0 Å². The van der Waals surface area contributed by atoms with Gasteiger partial charge < -0.3 is 24.4 Å². The van der Waals surface area contributed by atoms with Crippen molar-refractivity contribution in [2.24, 2.45) is 5.92 Å². The summed E-state index contributed by atoms with van der Waals surface area (Å²) >= 11 is 0. The van der Waals surface area contributed by atoms with Crippen LogP contribution in [0, 0.1) is 5.92 Å². The summed E-state index contributed by atoms with van der Waals surface area (Å²) in [5.41, 5.74) is 0. The molecule has 0 bridgehead atoms. The van der Waals surface area contributed by atoms with Crippen molar-refractivity contribution in [2.45, 2.75) is 238 Å². The Morgan fingerprint density at radius 2 is 1.00 bits per heavy atom. The lowest BCUT2D eigenvalue weighted by Crippen LogP contribution is -2.56. The van der Waals surface area contributed by atoms with Gasteiger partial charge in [0.15, 0.2) is 6.10 Å². The normalized spacial score (nSPS) is 21.8. The number of amides is 2. The van der Waals surface area contributed by atoms with Crippen LogP contribution < -0.4 is 0 Å². The average molecular weight is 738 g/mol. The Kier molecular flexibility index (Phi) is 25.0. The van der Waals surface area contributed by atoms with Gasteiger partial charge in [0.25, 0.3) is 5.79 Å². The lowest BCUT2D eigenvalue weighted by molar-refractivity contribution is -0.242. The number of imide groups is 1. The van der Waals surface area contributed by atoms with Gasteiger partial charge in [0.1, 0.15) is 24.9 Å². The van der Waals surface area contributed by atoms with Crippen molar-refractivity contribution in [1.82, 2.24) is 4.90 Å². The van der Waals surface area contributed by atoms with Gasteiger partial charge in [-0.25, -0.2) is 4.79 Å². The van der Waals surface area contributed by atoms with Crippen molar-refractivity contribution in [2.75, 3.05) is 13.2 Å². The monoisotopic (exact) mass is 738 g/mol. The highest BCUT2D eigenvalue weighted by Gasteiger charge is 2.59. The van der Waals surface area contributed by atoms with Gasteiger partial charge in [0, 0.05) is 12.8 Å². The minimum atomic E-state index is -2.10. The van der Waals surface area contributed by atoms with Crippen molar-refractivity contribution in [3.8, 4) is 0 Å². The third-order valence-electron chi connectivity index (χ3n) is 11.0. The van der Waals surface area contributed by atoms with Gasteiger partial charge in [-0.3, -0.25) is 14.5 Å². The predicted octanol–water partition coefficient (Wildman–Crippen LogP) is 9.72. The summed E-state index contributed by atoms with van der Waals surface area (Å²) in [6.45, 7) is 7.67. The average Bonchev–Trinajstić information content (AvgIpc) is 3.66.